The average molecular weight is 313 g/mol. The van der Waals surface area contributed by atoms with Gasteiger partial charge in [-0.3, -0.25) is 4.79 Å². The Labute approximate surface area is 134 Å². The summed E-state index contributed by atoms with van der Waals surface area (Å²) in [4.78, 5) is 24.1. The molecule has 0 aromatic heterocycles. The third-order valence-electron chi connectivity index (χ3n) is 3.60. The van der Waals surface area contributed by atoms with E-state index in [9.17, 15) is 14.7 Å². The van der Waals surface area contributed by atoms with Gasteiger partial charge < -0.3 is 15.2 Å². The Hall–Kier alpha value is -2.82. The van der Waals surface area contributed by atoms with E-state index in [1.165, 1.54) is 25.3 Å². The van der Waals surface area contributed by atoms with E-state index < -0.39 is 5.97 Å². The number of rotatable bonds is 5. The topological polar surface area (TPSA) is 75.6 Å². The first-order valence-corrected chi connectivity index (χ1v) is 7.34. The Balaban J connectivity index is 2.21. The van der Waals surface area contributed by atoms with Gasteiger partial charge in [-0.1, -0.05) is 37.3 Å². The Morgan fingerprint density at radius 1 is 1.17 bits per heavy atom. The lowest BCUT2D eigenvalue weighted by Gasteiger charge is -2.16. The molecule has 1 atom stereocenters. The third kappa shape index (κ3) is 3.88. The van der Waals surface area contributed by atoms with Crippen LogP contribution in [0.25, 0.3) is 0 Å². The van der Waals surface area contributed by atoms with Crippen molar-refractivity contribution in [1.82, 2.24) is 0 Å². The van der Waals surface area contributed by atoms with Crippen molar-refractivity contribution in [3.8, 4) is 5.75 Å². The highest BCUT2D eigenvalue weighted by atomic mass is 16.5. The number of esters is 1. The van der Waals surface area contributed by atoms with Crippen molar-refractivity contribution in [3.63, 3.8) is 0 Å². The molecule has 1 unspecified atom stereocenters. The monoisotopic (exact) mass is 313 g/mol. The van der Waals surface area contributed by atoms with E-state index in [-0.39, 0.29) is 23.1 Å². The van der Waals surface area contributed by atoms with Crippen molar-refractivity contribution >= 4 is 17.6 Å². The van der Waals surface area contributed by atoms with Gasteiger partial charge in [-0.15, -0.1) is 0 Å². The van der Waals surface area contributed by atoms with Crippen LogP contribution in [0, 0.1) is 0 Å². The number of ether oxygens (including phenoxy) is 1. The van der Waals surface area contributed by atoms with Gasteiger partial charge in [-0.25, -0.2) is 4.79 Å². The van der Waals surface area contributed by atoms with Crippen molar-refractivity contribution in [2.75, 3.05) is 12.4 Å². The number of anilines is 1. The van der Waals surface area contributed by atoms with E-state index >= 15 is 0 Å². The number of nitrogens with one attached hydrogen (secondary N) is 1. The second-order valence-electron chi connectivity index (χ2n) is 5.08. The SMILES string of the molecule is CCC(C(=O)Nc1ccc(O)c(C(=O)OC)c1)c1ccccc1. The van der Waals surface area contributed by atoms with Gasteiger partial charge in [0.15, 0.2) is 0 Å². The van der Waals surface area contributed by atoms with Crippen LogP contribution in [0.4, 0.5) is 5.69 Å². The molecule has 5 heteroatoms. The molecule has 0 fully saturated rings. The van der Waals surface area contributed by atoms with E-state index in [2.05, 4.69) is 10.1 Å². The van der Waals surface area contributed by atoms with Crippen LogP contribution < -0.4 is 5.32 Å². The molecule has 2 aromatic rings. The number of carbonyl (C=O) groups excluding carboxylic acids is 2. The summed E-state index contributed by atoms with van der Waals surface area (Å²) in [5.74, 6) is -1.30. The van der Waals surface area contributed by atoms with Gasteiger partial charge in [0.25, 0.3) is 0 Å². The number of methoxy groups -OCH3 is 1. The molecule has 120 valence electrons. The molecule has 2 N–H and O–H groups in total. The molecule has 1 amide bonds. The van der Waals surface area contributed by atoms with Crippen LogP contribution in [-0.4, -0.2) is 24.1 Å². The maximum Gasteiger partial charge on any atom is 0.341 e. The van der Waals surface area contributed by atoms with Crippen LogP contribution in [0.2, 0.25) is 0 Å². The Bertz CT molecular complexity index is 697. The Kier molecular flexibility index (Phi) is 5.36. The Morgan fingerprint density at radius 3 is 2.48 bits per heavy atom. The van der Waals surface area contributed by atoms with Crippen LogP contribution in [0.1, 0.15) is 35.2 Å². The zero-order chi connectivity index (χ0) is 16.8. The first-order chi connectivity index (χ1) is 11.1. The van der Waals surface area contributed by atoms with Crippen LogP contribution in [0.5, 0.6) is 5.75 Å². The summed E-state index contributed by atoms with van der Waals surface area (Å²) in [5, 5.41) is 12.5. The summed E-state index contributed by atoms with van der Waals surface area (Å²) >= 11 is 0. The average Bonchev–Trinajstić information content (AvgIpc) is 2.57. The van der Waals surface area contributed by atoms with Crippen molar-refractivity contribution in [2.24, 2.45) is 0 Å². The number of carbonyl (C=O) groups is 2. The predicted molar refractivity (Wildman–Crippen MR) is 87.6 cm³/mol. The predicted octanol–water partition coefficient (Wildman–Crippen LogP) is 3.31. The van der Waals surface area contributed by atoms with Crippen LogP contribution in [0.3, 0.4) is 0 Å². The Morgan fingerprint density at radius 2 is 1.87 bits per heavy atom. The van der Waals surface area contributed by atoms with Gasteiger partial charge in [-0.2, -0.15) is 0 Å². The minimum Gasteiger partial charge on any atom is -0.507 e. The maximum absolute atomic E-state index is 12.5. The number of phenolic OH excluding ortho intramolecular Hbond substituents is 1. The molecule has 0 spiro atoms. The minimum absolute atomic E-state index is 0.0121. The molecule has 5 nitrogen and oxygen atoms in total. The lowest BCUT2D eigenvalue weighted by molar-refractivity contribution is -0.117. The van der Waals surface area contributed by atoms with Gasteiger partial charge >= 0.3 is 5.97 Å². The highest BCUT2D eigenvalue weighted by Crippen LogP contribution is 2.25. The summed E-state index contributed by atoms with van der Waals surface area (Å²) in [7, 11) is 1.23. The second-order valence-corrected chi connectivity index (χ2v) is 5.08. The van der Waals surface area contributed by atoms with Crippen molar-refractivity contribution < 1.29 is 19.4 Å². The number of hydrogen-bond acceptors (Lipinski definition) is 4. The summed E-state index contributed by atoms with van der Waals surface area (Å²) in [6, 6.07) is 13.8. The fourth-order valence-electron chi connectivity index (χ4n) is 2.37. The van der Waals surface area contributed by atoms with Gasteiger partial charge in [0.05, 0.1) is 13.0 Å². The molecule has 0 saturated heterocycles. The molecule has 23 heavy (non-hydrogen) atoms. The van der Waals surface area contributed by atoms with Crippen LogP contribution in [-0.2, 0) is 9.53 Å². The molecule has 2 rings (SSSR count). The van der Waals surface area contributed by atoms with Crippen molar-refractivity contribution in [1.29, 1.82) is 0 Å². The van der Waals surface area contributed by atoms with Gasteiger partial charge in [-0.05, 0) is 30.2 Å². The summed E-state index contributed by atoms with van der Waals surface area (Å²) in [6.07, 6.45) is 0.651. The fourth-order valence-corrected chi connectivity index (χ4v) is 2.37. The summed E-state index contributed by atoms with van der Waals surface area (Å²) < 4.78 is 4.60. The van der Waals surface area contributed by atoms with Gasteiger partial charge in [0, 0.05) is 5.69 Å². The molecule has 2 aromatic carbocycles. The molecule has 0 heterocycles. The second kappa shape index (κ2) is 7.45. The summed E-state index contributed by atoms with van der Waals surface area (Å²) in [5.41, 5.74) is 1.38. The van der Waals surface area contributed by atoms with E-state index in [1.54, 1.807) is 0 Å². The first-order valence-electron chi connectivity index (χ1n) is 7.34. The number of hydrogen-bond donors (Lipinski definition) is 2. The van der Waals surface area contributed by atoms with E-state index in [1.807, 2.05) is 37.3 Å². The van der Waals surface area contributed by atoms with E-state index in [0.717, 1.165) is 5.56 Å². The lowest BCUT2D eigenvalue weighted by atomic mass is 9.95. The molecule has 0 saturated carbocycles. The number of aromatic hydroxyl groups is 1. The first kappa shape index (κ1) is 16.5. The van der Waals surface area contributed by atoms with E-state index in [0.29, 0.717) is 12.1 Å². The number of benzene rings is 2. The highest BCUT2D eigenvalue weighted by Gasteiger charge is 2.19. The molecule has 0 bridgehead atoms. The largest absolute Gasteiger partial charge is 0.507 e. The molecule has 0 aliphatic rings. The standard InChI is InChI=1S/C18H19NO4/c1-3-14(12-7-5-4-6-8-12)17(21)19-13-9-10-16(20)15(11-13)18(22)23-2/h4-11,14,20H,3H2,1-2H3,(H,19,21). The smallest absolute Gasteiger partial charge is 0.341 e. The van der Waals surface area contributed by atoms with Crippen molar-refractivity contribution in [2.45, 2.75) is 19.3 Å². The molecular weight excluding hydrogens is 294 g/mol. The highest BCUT2D eigenvalue weighted by molar-refractivity contribution is 5.98. The van der Waals surface area contributed by atoms with Gasteiger partial charge in [0.2, 0.25) is 5.91 Å². The van der Waals surface area contributed by atoms with E-state index in [4.69, 9.17) is 0 Å². The molecule has 0 aliphatic carbocycles. The van der Waals surface area contributed by atoms with Crippen molar-refractivity contribution in [3.05, 3.63) is 59.7 Å². The molecule has 0 aliphatic heterocycles. The third-order valence-corrected chi connectivity index (χ3v) is 3.60. The van der Waals surface area contributed by atoms with Crippen LogP contribution >= 0.6 is 0 Å². The number of amides is 1. The zero-order valence-corrected chi connectivity index (χ0v) is 13.1. The normalized spacial score (nSPS) is 11.6. The molecular formula is C18H19NO4. The minimum atomic E-state index is -0.659. The lowest BCUT2D eigenvalue weighted by Crippen LogP contribution is -2.20. The maximum atomic E-state index is 12.5. The zero-order valence-electron chi connectivity index (χ0n) is 13.1. The summed E-state index contributed by atoms with van der Waals surface area (Å²) in [6.45, 7) is 1.94. The quantitative estimate of drug-likeness (QED) is 0.656. The molecule has 0 radical (unpaired) electrons. The van der Waals surface area contributed by atoms with Crippen LogP contribution in [0.15, 0.2) is 48.5 Å². The van der Waals surface area contributed by atoms with Gasteiger partial charge in [0.1, 0.15) is 11.3 Å². The fraction of sp³-hybridized carbons (Fsp3) is 0.222. The number of phenols is 1.